The van der Waals surface area contributed by atoms with Gasteiger partial charge in [-0.25, -0.2) is 0 Å². The second-order valence-electron chi connectivity index (χ2n) is 7.78. The Bertz CT molecular complexity index is 417. The molecule has 0 spiro atoms. The molecule has 4 heteroatoms. The molecule has 0 radical (unpaired) electrons. The first-order chi connectivity index (χ1) is 9.75. The highest BCUT2D eigenvalue weighted by atomic mass is 16.2. The third-order valence-electron chi connectivity index (χ3n) is 5.10. The Labute approximate surface area is 128 Å². The average molecular weight is 294 g/mol. The Kier molecular flexibility index (Phi) is 4.36. The van der Waals surface area contributed by atoms with Gasteiger partial charge >= 0.3 is 0 Å². The van der Waals surface area contributed by atoms with Gasteiger partial charge in [0.05, 0.1) is 0 Å². The van der Waals surface area contributed by atoms with Crippen molar-refractivity contribution in [3.8, 4) is 0 Å². The zero-order valence-electron chi connectivity index (χ0n) is 14.2. The second kappa shape index (κ2) is 5.62. The van der Waals surface area contributed by atoms with Crippen LogP contribution in [0.4, 0.5) is 0 Å². The molecule has 1 aliphatic carbocycles. The first kappa shape index (κ1) is 16.3. The summed E-state index contributed by atoms with van der Waals surface area (Å²) in [5.41, 5.74) is -0.931. The number of carbonyl (C=O) groups is 2. The van der Waals surface area contributed by atoms with Crippen molar-refractivity contribution >= 4 is 11.8 Å². The lowest BCUT2D eigenvalue weighted by Gasteiger charge is -2.49. The zero-order valence-corrected chi connectivity index (χ0v) is 14.2. The molecule has 0 aromatic carbocycles. The van der Waals surface area contributed by atoms with Crippen molar-refractivity contribution < 1.29 is 9.59 Å². The predicted molar refractivity (Wildman–Crippen MR) is 83.8 cm³/mol. The van der Waals surface area contributed by atoms with Crippen molar-refractivity contribution in [3.05, 3.63) is 0 Å². The van der Waals surface area contributed by atoms with Crippen LogP contribution in [0.15, 0.2) is 0 Å². The van der Waals surface area contributed by atoms with Gasteiger partial charge in [0.2, 0.25) is 11.8 Å². The van der Waals surface area contributed by atoms with Crippen LogP contribution in [0.3, 0.4) is 0 Å². The van der Waals surface area contributed by atoms with Gasteiger partial charge in [-0.3, -0.25) is 9.59 Å². The number of nitrogens with one attached hydrogen (secondary N) is 1. The standard InChI is InChI=1S/C17H30N2O2/c1-6-17(7-2)15(21)19(11-10-12-8-9-12)13(14(20)18-17)16(3,4)5/h12-13H,6-11H2,1-5H3,(H,18,20). The molecule has 21 heavy (non-hydrogen) atoms. The summed E-state index contributed by atoms with van der Waals surface area (Å²) in [6.45, 7) is 10.8. The van der Waals surface area contributed by atoms with Crippen molar-refractivity contribution in [1.82, 2.24) is 10.2 Å². The molecule has 2 fully saturated rings. The van der Waals surface area contributed by atoms with Crippen LogP contribution in [0, 0.1) is 11.3 Å². The maximum atomic E-state index is 13.1. The summed E-state index contributed by atoms with van der Waals surface area (Å²) in [6.07, 6.45) is 4.91. The Morgan fingerprint density at radius 2 is 1.76 bits per heavy atom. The SMILES string of the molecule is CCC1(CC)NC(=O)C(C(C)(C)C)N(CCC2CC2)C1=O. The lowest BCUT2D eigenvalue weighted by Crippen LogP contribution is -2.72. The molecule has 2 amide bonds. The number of piperazine rings is 1. The number of rotatable bonds is 5. The van der Waals surface area contributed by atoms with Crippen molar-refractivity contribution in [1.29, 1.82) is 0 Å². The number of amides is 2. The molecule has 1 aliphatic heterocycles. The molecule has 1 saturated carbocycles. The Morgan fingerprint density at radius 3 is 2.19 bits per heavy atom. The van der Waals surface area contributed by atoms with Crippen molar-refractivity contribution in [3.63, 3.8) is 0 Å². The van der Waals surface area contributed by atoms with E-state index in [1.54, 1.807) is 0 Å². The van der Waals surface area contributed by atoms with Crippen LogP contribution in [0.25, 0.3) is 0 Å². The lowest BCUT2D eigenvalue weighted by molar-refractivity contribution is -0.160. The van der Waals surface area contributed by atoms with E-state index in [1.807, 2.05) is 39.5 Å². The fraction of sp³-hybridized carbons (Fsp3) is 0.882. The molecule has 1 atom stereocenters. The van der Waals surface area contributed by atoms with Crippen molar-refractivity contribution in [2.75, 3.05) is 6.54 Å². The molecule has 4 nitrogen and oxygen atoms in total. The van der Waals surface area contributed by atoms with Gasteiger partial charge in [0.1, 0.15) is 11.6 Å². The van der Waals surface area contributed by atoms with E-state index in [0.717, 1.165) is 18.9 Å². The van der Waals surface area contributed by atoms with Gasteiger partial charge in [0, 0.05) is 6.54 Å². The zero-order chi connectivity index (χ0) is 15.8. The molecule has 1 N–H and O–H groups in total. The minimum Gasteiger partial charge on any atom is -0.340 e. The van der Waals surface area contributed by atoms with E-state index in [-0.39, 0.29) is 23.3 Å². The first-order valence-electron chi connectivity index (χ1n) is 8.38. The molecular formula is C17H30N2O2. The highest BCUT2D eigenvalue weighted by molar-refractivity contribution is 6.00. The highest BCUT2D eigenvalue weighted by Crippen LogP contribution is 2.36. The highest BCUT2D eigenvalue weighted by Gasteiger charge is 2.52. The summed E-state index contributed by atoms with van der Waals surface area (Å²) >= 11 is 0. The summed E-state index contributed by atoms with van der Waals surface area (Å²) in [5, 5.41) is 3.04. The largest absolute Gasteiger partial charge is 0.340 e. The molecule has 1 heterocycles. The monoisotopic (exact) mass is 294 g/mol. The summed E-state index contributed by atoms with van der Waals surface area (Å²) in [4.78, 5) is 27.6. The van der Waals surface area contributed by atoms with Crippen LogP contribution in [-0.4, -0.2) is 34.8 Å². The maximum Gasteiger partial charge on any atom is 0.249 e. The second-order valence-corrected chi connectivity index (χ2v) is 7.78. The fourth-order valence-electron chi connectivity index (χ4n) is 3.44. The molecule has 1 saturated heterocycles. The molecule has 120 valence electrons. The number of hydrogen-bond acceptors (Lipinski definition) is 2. The molecule has 0 bridgehead atoms. The summed E-state index contributed by atoms with van der Waals surface area (Å²) in [5.74, 6) is 0.898. The van der Waals surface area contributed by atoms with Crippen LogP contribution < -0.4 is 5.32 Å². The fourth-order valence-corrected chi connectivity index (χ4v) is 3.44. The summed E-state index contributed by atoms with van der Waals surface area (Å²) < 4.78 is 0. The van der Waals surface area contributed by atoms with E-state index in [9.17, 15) is 9.59 Å². The molecule has 2 rings (SSSR count). The van der Waals surface area contributed by atoms with E-state index >= 15 is 0 Å². The van der Waals surface area contributed by atoms with Crippen LogP contribution >= 0.6 is 0 Å². The van der Waals surface area contributed by atoms with E-state index < -0.39 is 5.54 Å². The van der Waals surface area contributed by atoms with Gasteiger partial charge < -0.3 is 10.2 Å². The van der Waals surface area contributed by atoms with Gasteiger partial charge in [-0.2, -0.15) is 0 Å². The van der Waals surface area contributed by atoms with E-state index in [1.165, 1.54) is 12.8 Å². The summed E-state index contributed by atoms with van der Waals surface area (Å²) in [7, 11) is 0. The summed E-state index contributed by atoms with van der Waals surface area (Å²) in [6, 6.07) is -0.352. The molecule has 0 aromatic heterocycles. The van der Waals surface area contributed by atoms with Crippen LogP contribution in [0.5, 0.6) is 0 Å². The average Bonchev–Trinajstić information content (AvgIpc) is 3.21. The predicted octanol–water partition coefficient (Wildman–Crippen LogP) is 2.72. The van der Waals surface area contributed by atoms with Gasteiger partial charge in [-0.15, -0.1) is 0 Å². The van der Waals surface area contributed by atoms with Gasteiger partial charge in [-0.1, -0.05) is 47.5 Å². The van der Waals surface area contributed by atoms with E-state index in [0.29, 0.717) is 12.8 Å². The smallest absolute Gasteiger partial charge is 0.249 e. The quantitative estimate of drug-likeness (QED) is 0.847. The normalized spacial score (nSPS) is 26.0. The minimum atomic E-state index is -0.692. The van der Waals surface area contributed by atoms with Crippen molar-refractivity contribution in [2.24, 2.45) is 11.3 Å². The lowest BCUT2D eigenvalue weighted by atomic mass is 9.79. The third kappa shape index (κ3) is 3.09. The minimum absolute atomic E-state index is 0.0154. The van der Waals surface area contributed by atoms with Crippen LogP contribution in [-0.2, 0) is 9.59 Å². The van der Waals surface area contributed by atoms with Gasteiger partial charge in [-0.05, 0) is 30.6 Å². The molecule has 1 unspecified atom stereocenters. The van der Waals surface area contributed by atoms with Crippen LogP contribution in [0.1, 0.15) is 66.7 Å². The number of carbonyl (C=O) groups excluding carboxylic acids is 2. The van der Waals surface area contributed by atoms with Gasteiger partial charge in [0.15, 0.2) is 0 Å². The number of hydrogen-bond donors (Lipinski definition) is 1. The Morgan fingerprint density at radius 1 is 1.19 bits per heavy atom. The number of nitrogens with zero attached hydrogens (tertiary/aromatic N) is 1. The van der Waals surface area contributed by atoms with Crippen LogP contribution in [0.2, 0.25) is 0 Å². The molecular weight excluding hydrogens is 264 g/mol. The molecule has 0 aromatic rings. The van der Waals surface area contributed by atoms with Crippen molar-refractivity contribution in [2.45, 2.75) is 78.3 Å². The topological polar surface area (TPSA) is 49.4 Å². The first-order valence-corrected chi connectivity index (χ1v) is 8.38. The Hall–Kier alpha value is -1.06. The molecule has 2 aliphatic rings. The van der Waals surface area contributed by atoms with Gasteiger partial charge in [0.25, 0.3) is 0 Å². The Balaban J connectivity index is 2.28. The van der Waals surface area contributed by atoms with E-state index in [2.05, 4.69) is 5.32 Å². The van der Waals surface area contributed by atoms with E-state index in [4.69, 9.17) is 0 Å². The third-order valence-corrected chi connectivity index (χ3v) is 5.10. The maximum absolute atomic E-state index is 13.1.